The predicted octanol–water partition coefficient (Wildman–Crippen LogP) is 1.32. The number of benzene rings is 1. The molecule has 1 heterocycles. The number of sulfonamides is 1. The molecule has 8 heteroatoms. The highest BCUT2D eigenvalue weighted by Crippen LogP contribution is 2.19. The van der Waals surface area contributed by atoms with E-state index in [-0.39, 0.29) is 16.1 Å². The number of methoxy groups -OCH3 is 1. The molecule has 0 aliphatic carbocycles. The lowest BCUT2D eigenvalue weighted by molar-refractivity contribution is 0.0601. The molecule has 0 spiro atoms. The molecule has 0 bridgehead atoms. The monoisotopic (exact) mass is 309 g/mol. The zero-order valence-electron chi connectivity index (χ0n) is 11.8. The smallest absolute Gasteiger partial charge is 0.337 e. The summed E-state index contributed by atoms with van der Waals surface area (Å²) < 4.78 is 33.1. The van der Waals surface area contributed by atoms with Crippen LogP contribution in [0.1, 0.15) is 16.1 Å². The molecule has 1 aromatic heterocycles. The SMILES string of the molecule is COC(=O)c1cccc(NS(=O)(=O)c2cn(C)nc2C)c1. The van der Waals surface area contributed by atoms with Crippen molar-refractivity contribution in [2.75, 3.05) is 11.8 Å². The summed E-state index contributed by atoms with van der Waals surface area (Å²) in [5.41, 5.74) is 0.941. The molecule has 21 heavy (non-hydrogen) atoms. The molecule has 0 unspecified atom stereocenters. The number of hydrogen-bond donors (Lipinski definition) is 1. The fraction of sp³-hybridized carbons (Fsp3) is 0.231. The van der Waals surface area contributed by atoms with Gasteiger partial charge in [0.15, 0.2) is 0 Å². The summed E-state index contributed by atoms with van der Waals surface area (Å²) in [7, 11) is -0.853. The number of rotatable bonds is 4. The Morgan fingerprint density at radius 2 is 2.10 bits per heavy atom. The Balaban J connectivity index is 2.33. The lowest BCUT2D eigenvalue weighted by Gasteiger charge is -2.08. The third-order valence-electron chi connectivity index (χ3n) is 2.79. The minimum Gasteiger partial charge on any atom is -0.465 e. The second-order valence-corrected chi connectivity index (χ2v) is 6.08. The Kier molecular flexibility index (Phi) is 3.99. The van der Waals surface area contributed by atoms with Crippen molar-refractivity contribution in [1.29, 1.82) is 0 Å². The topological polar surface area (TPSA) is 90.3 Å². The second kappa shape index (κ2) is 5.57. The first kappa shape index (κ1) is 15.0. The van der Waals surface area contributed by atoms with Crippen molar-refractivity contribution >= 4 is 21.7 Å². The van der Waals surface area contributed by atoms with Gasteiger partial charge in [0.1, 0.15) is 4.90 Å². The van der Waals surface area contributed by atoms with Gasteiger partial charge >= 0.3 is 5.97 Å². The maximum Gasteiger partial charge on any atom is 0.337 e. The van der Waals surface area contributed by atoms with Crippen molar-refractivity contribution in [2.24, 2.45) is 7.05 Å². The Bertz CT molecular complexity index is 780. The molecule has 0 saturated carbocycles. The second-order valence-electron chi connectivity index (χ2n) is 4.43. The van der Waals surface area contributed by atoms with E-state index < -0.39 is 16.0 Å². The maximum absolute atomic E-state index is 12.3. The molecule has 7 nitrogen and oxygen atoms in total. The van der Waals surface area contributed by atoms with Gasteiger partial charge in [0.05, 0.1) is 18.4 Å². The molecule has 0 saturated heterocycles. The third kappa shape index (κ3) is 3.22. The molecule has 1 N–H and O–H groups in total. The van der Waals surface area contributed by atoms with Gasteiger partial charge in [0.25, 0.3) is 10.0 Å². The van der Waals surface area contributed by atoms with Gasteiger partial charge in [-0.05, 0) is 25.1 Å². The Morgan fingerprint density at radius 3 is 2.67 bits per heavy atom. The molecule has 2 rings (SSSR count). The van der Waals surface area contributed by atoms with Gasteiger partial charge < -0.3 is 4.74 Å². The number of carbonyl (C=O) groups is 1. The summed E-state index contributed by atoms with van der Waals surface area (Å²) in [5, 5.41) is 4.00. The van der Waals surface area contributed by atoms with E-state index in [0.29, 0.717) is 5.69 Å². The van der Waals surface area contributed by atoms with E-state index in [4.69, 9.17) is 0 Å². The molecule has 0 amide bonds. The van der Waals surface area contributed by atoms with Gasteiger partial charge in [-0.2, -0.15) is 5.10 Å². The highest BCUT2D eigenvalue weighted by molar-refractivity contribution is 7.92. The average molecular weight is 309 g/mol. The van der Waals surface area contributed by atoms with Gasteiger partial charge in [-0.25, -0.2) is 13.2 Å². The highest BCUT2D eigenvalue weighted by Gasteiger charge is 2.20. The molecule has 0 aliphatic heterocycles. The highest BCUT2D eigenvalue weighted by atomic mass is 32.2. The number of anilines is 1. The first-order valence-electron chi connectivity index (χ1n) is 6.05. The van der Waals surface area contributed by atoms with Gasteiger partial charge in [-0.1, -0.05) is 6.07 Å². The van der Waals surface area contributed by atoms with E-state index in [1.165, 1.54) is 24.1 Å². The van der Waals surface area contributed by atoms with Crippen LogP contribution >= 0.6 is 0 Å². The van der Waals surface area contributed by atoms with Crippen molar-refractivity contribution in [3.63, 3.8) is 0 Å². The first-order valence-corrected chi connectivity index (χ1v) is 7.53. The zero-order valence-corrected chi connectivity index (χ0v) is 12.6. The first-order chi connectivity index (χ1) is 9.83. The predicted molar refractivity (Wildman–Crippen MR) is 76.5 cm³/mol. The molecule has 112 valence electrons. The van der Waals surface area contributed by atoms with Gasteiger partial charge in [-0.15, -0.1) is 0 Å². The minimum atomic E-state index is -3.76. The van der Waals surface area contributed by atoms with Gasteiger partial charge in [0, 0.05) is 18.9 Å². The van der Waals surface area contributed by atoms with Crippen molar-refractivity contribution < 1.29 is 17.9 Å². The molecular weight excluding hydrogens is 294 g/mol. The van der Waals surface area contributed by atoms with Crippen molar-refractivity contribution in [3.05, 3.63) is 41.7 Å². The van der Waals surface area contributed by atoms with Gasteiger partial charge in [-0.3, -0.25) is 9.40 Å². The Morgan fingerprint density at radius 1 is 1.38 bits per heavy atom. The fourth-order valence-corrected chi connectivity index (χ4v) is 3.15. The average Bonchev–Trinajstić information content (AvgIpc) is 2.77. The van der Waals surface area contributed by atoms with Crippen LogP contribution in [0.25, 0.3) is 0 Å². The third-order valence-corrected chi connectivity index (χ3v) is 4.28. The lowest BCUT2D eigenvalue weighted by atomic mass is 10.2. The Labute approximate surface area is 122 Å². The summed E-state index contributed by atoms with van der Waals surface area (Å²) in [5.74, 6) is -0.534. The summed E-state index contributed by atoms with van der Waals surface area (Å²) in [6.07, 6.45) is 1.42. The molecule has 0 aliphatic rings. The summed E-state index contributed by atoms with van der Waals surface area (Å²) in [6, 6.07) is 6.07. The number of carbonyl (C=O) groups excluding carboxylic acids is 1. The number of nitrogens with one attached hydrogen (secondary N) is 1. The quantitative estimate of drug-likeness (QED) is 0.860. The van der Waals surface area contributed by atoms with E-state index in [1.807, 2.05) is 0 Å². The van der Waals surface area contributed by atoms with Crippen molar-refractivity contribution in [2.45, 2.75) is 11.8 Å². The maximum atomic E-state index is 12.3. The van der Waals surface area contributed by atoms with Crippen LogP contribution in [0.3, 0.4) is 0 Å². The molecule has 0 radical (unpaired) electrons. The number of nitrogens with zero attached hydrogens (tertiary/aromatic N) is 2. The van der Waals surface area contributed by atoms with E-state index in [1.54, 1.807) is 32.2 Å². The number of ether oxygens (including phenoxy) is 1. The number of esters is 1. The molecule has 1 aromatic carbocycles. The molecule has 2 aromatic rings. The molecule has 0 fully saturated rings. The van der Waals surface area contributed by atoms with E-state index in [9.17, 15) is 13.2 Å². The van der Waals surface area contributed by atoms with Crippen LogP contribution in [0.4, 0.5) is 5.69 Å². The van der Waals surface area contributed by atoms with Crippen LogP contribution in [0.15, 0.2) is 35.4 Å². The molecular formula is C13H15N3O4S. The van der Waals surface area contributed by atoms with Crippen LogP contribution in [-0.4, -0.2) is 31.3 Å². The van der Waals surface area contributed by atoms with E-state index >= 15 is 0 Å². The summed E-state index contributed by atoms with van der Waals surface area (Å²) in [4.78, 5) is 11.5. The summed E-state index contributed by atoms with van der Waals surface area (Å²) in [6.45, 7) is 1.61. The normalized spacial score (nSPS) is 11.2. The van der Waals surface area contributed by atoms with Gasteiger partial charge in [0.2, 0.25) is 0 Å². The Hall–Kier alpha value is -2.35. The molecule has 0 atom stereocenters. The van der Waals surface area contributed by atoms with Crippen LogP contribution in [0, 0.1) is 6.92 Å². The van der Waals surface area contributed by atoms with Crippen LogP contribution < -0.4 is 4.72 Å². The number of aromatic nitrogens is 2. The van der Waals surface area contributed by atoms with Crippen LogP contribution in [-0.2, 0) is 21.8 Å². The van der Waals surface area contributed by atoms with Crippen molar-refractivity contribution in [1.82, 2.24) is 9.78 Å². The largest absolute Gasteiger partial charge is 0.465 e. The zero-order chi connectivity index (χ0) is 15.6. The summed E-state index contributed by atoms with van der Waals surface area (Å²) >= 11 is 0. The van der Waals surface area contributed by atoms with Crippen molar-refractivity contribution in [3.8, 4) is 0 Å². The van der Waals surface area contributed by atoms with Crippen LogP contribution in [0.2, 0.25) is 0 Å². The van der Waals surface area contributed by atoms with E-state index in [0.717, 1.165) is 0 Å². The lowest BCUT2D eigenvalue weighted by Crippen LogP contribution is -2.14. The minimum absolute atomic E-state index is 0.0912. The van der Waals surface area contributed by atoms with E-state index in [2.05, 4.69) is 14.6 Å². The van der Waals surface area contributed by atoms with Crippen LogP contribution in [0.5, 0.6) is 0 Å². The number of aryl methyl sites for hydroxylation is 2. The fourth-order valence-electron chi connectivity index (χ4n) is 1.88. The number of hydrogen-bond acceptors (Lipinski definition) is 5. The standard InChI is InChI=1S/C13H15N3O4S/c1-9-12(8-16(2)14-9)21(18,19)15-11-6-4-5-10(7-11)13(17)20-3/h4-8,15H,1-3H3.